The van der Waals surface area contributed by atoms with Crippen molar-refractivity contribution in [3.8, 4) is 11.5 Å². The molecule has 0 spiro atoms. The molecule has 0 amide bonds. The lowest BCUT2D eigenvalue weighted by Crippen LogP contribution is -2.19. The summed E-state index contributed by atoms with van der Waals surface area (Å²) < 4.78 is 0. The quantitative estimate of drug-likeness (QED) is 0.882. The molecule has 2 aromatic rings. The molecule has 0 saturated heterocycles. The first-order valence-corrected chi connectivity index (χ1v) is 5.95. The van der Waals surface area contributed by atoms with Crippen molar-refractivity contribution in [1.82, 2.24) is 19.9 Å². The molecule has 2 rings (SSSR count). The van der Waals surface area contributed by atoms with Crippen molar-refractivity contribution in [2.75, 3.05) is 0 Å². The second-order valence-corrected chi connectivity index (χ2v) is 4.49. The summed E-state index contributed by atoms with van der Waals surface area (Å²) in [6.45, 7) is 5.76. The van der Waals surface area contributed by atoms with Crippen LogP contribution >= 0.6 is 0 Å². The van der Waals surface area contributed by atoms with Crippen molar-refractivity contribution in [3.63, 3.8) is 0 Å². The number of hydrogen-bond acceptors (Lipinski definition) is 5. The summed E-state index contributed by atoms with van der Waals surface area (Å²) >= 11 is 0. The lowest BCUT2D eigenvalue weighted by molar-refractivity contribution is 0.719. The summed E-state index contributed by atoms with van der Waals surface area (Å²) in [7, 11) is 0. The van der Waals surface area contributed by atoms with Gasteiger partial charge in [-0.3, -0.25) is 0 Å². The molecule has 0 aliphatic rings. The Bertz CT molecular complexity index is 551. The third kappa shape index (κ3) is 3.07. The fourth-order valence-electron chi connectivity index (χ4n) is 1.76. The fourth-order valence-corrected chi connectivity index (χ4v) is 1.76. The lowest BCUT2D eigenvalue weighted by Gasteiger charge is -2.07. The predicted molar refractivity (Wildman–Crippen MR) is 69.9 cm³/mol. The first-order valence-electron chi connectivity index (χ1n) is 5.95. The van der Waals surface area contributed by atoms with Crippen molar-refractivity contribution >= 4 is 0 Å². The van der Waals surface area contributed by atoms with Crippen LogP contribution in [-0.2, 0) is 6.42 Å². The standard InChI is InChI=1S/C13H17N5/c1-8(14)6-11-7-9(2)16-13(18-11)12-4-5-15-10(3)17-12/h4-5,7-8H,6,14H2,1-3H3. The van der Waals surface area contributed by atoms with Gasteiger partial charge in [0.1, 0.15) is 11.5 Å². The van der Waals surface area contributed by atoms with Gasteiger partial charge in [-0.25, -0.2) is 19.9 Å². The highest BCUT2D eigenvalue weighted by molar-refractivity contribution is 5.48. The molecule has 5 nitrogen and oxygen atoms in total. The molecule has 0 fully saturated rings. The van der Waals surface area contributed by atoms with E-state index in [1.807, 2.05) is 32.9 Å². The zero-order valence-electron chi connectivity index (χ0n) is 10.9. The van der Waals surface area contributed by atoms with Crippen LogP contribution in [0.5, 0.6) is 0 Å². The van der Waals surface area contributed by atoms with E-state index in [1.165, 1.54) is 0 Å². The van der Waals surface area contributed by atoms with Crippen LogP contribution in [0.4, 0.5) is 0 Å². The molecule has 0 bridgehead atoms. The average molecular weight is 243 g/mol. The summed E-state index contributed by atoms with van der Waals surface area (Å²) in [4.78, 5) is 17.3. The van der Waals surface area contributed by atoms with E-state index in [-0.39, 0.29) is 6.04 Å². The number of nitrogens with two attached hydrogens (primary N) is 1. The third-order valence-electron chi connectivity index (χ3n) is 2.44. The molecular weight excluding hydrogens is 226 g/mol. The van der Waals surface area contributed by atoms with Crippen molar-refractivity contribution < 1.29 is 0 Å². The molecule has 2 N–H and O–H groups in total. The van der Waals surface area contributed by atoms with Gasteiger partial charge in [0.2, 0.25) is 0 Å². The number of rotatable bonds is 3. The summed E-state index contributed by atoms with van der Waals surface area (Å²) in [6.07, 6.45) is 2.45. The topological polar surface area (TPSA) is 77.6 Å². The van der Waals surface area contributed by atoms with E-state index in [9.17, 15) is 0 Å². The molecule has 0 aromatic carbocycles. The maximum Gasteiger partial charge on any atom is 0.178 e. The van der Waals surface area contributed by atoms with Gasteiger partial charge >= 0.3 is 0 Å². The van der Waals surface area contributed by atoms with Crippen LogP contribution in [0.2, 0.25) is 0 Å². The van der Waals surface area contributed by atoms with Crippen LogP contribution in [0.3, 0.4) is 0 Å². The van der Waals surface area contributed by atoms with Crippen molar-refractivity contribution in [2.45, 2.75) is 33.2 Å². The molecule has 94 valence electrons. The molecule has 5 heteroatoms. The minimum Gasteiger partial charge on any atom is -0.328 e. The van der Waals surface area contributed by atoms with Crippen molar-refractivity contribution in [3.05, 3.63) is 35.5 Å². The Morgan fingerprint density at radius 1 is 1.22 bits per heavy atom. The summed E-state index contributed by atoms with van der Waals surface area (Å²) in [5.41, 5.74) is 8.42. The molecule has 2 heterocycles. The highest BCUT2D eigenvalue weighted by Crippen LogP contribution is 2.13. The van der Waals surface area contributed by atoms with Crippen LogP contribution in [0.15, 0.2) is 18.3 Å². The van der Waals surface area contributed by atoms with E-state index in [0.717, 1.165) is 23.5 Å². The van der Waals surface area contributed by atoms with Gasteiger partial charge in [-0.05, 0) is 32.9 Å². The van der Waals surface area contributed by atoms with Gasteiger partial charge in [0.25, 0.3) is 0 Å². The van der Waals surface area contributed by atoms with Crippen LogP contribution in [0, 0.1) is 13.8 Å². The fraction of sp³-hybridized carbons (Fsp3) is 0.385. The highest BCUT2D eigenvalue weighted by Gasteiger charge is 2.08. The highest BCUT2D eigenvalue weighted by atomic mass is 15.0. The second kappa shape index (κ2) is 5.18. The second-order valence-electron chi connectivity index (χ2n) is 4.49. The molecule has 2 aromatic heterocycles. The third-order valence-corrected chi connectivity index (χ3v) is 2.44. The summed E-state index contributed by atoms with van der Waals surface area (Å²) in [5, 5.41) is 0. The maximum atomic E-state index is 5.80. The molecular formula is C13H17N5. The minimum absolute atomic E-state index is 0.0827. The van der Waals surface area contributed by atoms with Crippen molar-refractivity contribution in [1.29, 1.82) is 0 Å². The van der Waals surface area contributed by atoms with E-state index >= 15 is 0 Å². The zero-order valence-corrected chi connectivity index (χ0v) is 10.9. The van der Waals surface area contributed by atoms with E-state index in [1.54, 1.807) is 6.20 Å². The van der Waals surface area contributed by atoms with Gasteiger partial charge in [-0.1, -0.05) is 0 Å². The Kier molecular flexibility index (Phi) is 3.62. The Labute approximate surface area is 107 Å². The van der Waals surface area contributed by atoms with Gasteiger partial charge in [-0.2, -0.15) is 0 Å². The maximum absolute atomic E-state index is 5.80. The number of hydrogen-bond donors (Lipinski definition) is 1. The van der Waals surface area contributed by atoms with E-state index < -0.39 is 0 Å². The Morgan fingerprint density at radius 2 is 2.00 bits per heavy atom. The predicted octanol–water partition coefficient (Wildman–Crippen LogP) is 1.44. The molecule has 0 aliphatic heterocycles. The van der Waals surface area contributed by atoms with Gasteiger partial charge in [0.15, 0.2) is 5.82 Å². The molecule has 1 unspecified atom stereocenters. The largest absolute Gasteiger partial charge is 0.328 e. The van der Waals surface area contributed by atoms with Crippen LogP contribution in [-0.4, -0.2) is 26.0 Å². The monoisotopic (exact) mass is 243 g/mol. The minimum atomic E-state index is 0.0827. The first kappa shape index (κ1) is 12.6. The van der Waals surface area contributed by atoms with Gasteiger partial charge in [-0.15, -0.1) is 0 Å². The van der Waals surface area contributed by atoms with Crippen LogP contribution < -0.4 is 5.73 Å². The molecule has 1 atom stereocenters. The number of aryl methyl sites for hydroxylation is 2. The molecule has 0 saturated carbocycles. The van der Waals surface area contributed by atoms with Crippen molar-refractivity contribution in [2.24, 2.45) is 5.73 Å². The molecule has 18 heavy (non-hydrogen) atoms. The van der Waals surface area contributed by atoms with Crippen LogP contribution in [0.1, 0.15) is 24.1 Å². The van der Waals surface area contributed by atoms with Gasteiger partial charge in [0, 0.05) is 30.0 Å². The summed E-state index contributed by atoms with van der Waals surface area (Å²) in [5.74, 6) is 1.35. The van der Waals surface area contributed by atoms with E-state index in [0.29, 0.717) is 11.6 Å². The van der Waals surface area contributed by atoms with E-state index in [4.69, 9.17) is 5.73 Å². The first-order chi connectivity index (χ1) is 8.54. The summed E-state index contributed by atoms with van der Waals surface area (Å²) in [6, 6.07) is 3.86. The Morgan fingerprint density at radius 3 is 2.67 bits per heavy atom. The lowest BCUT2D eigenvalue weighted by atomic mass is 10.1. The van der Waals surface area contributed by atoms with Gasteiger partial charge < -0.3 is 5.73 Å². The molecule has 0 radical (unpaired) electrons. The number of aromatic nitrogens is 4. The molecule has 0 aliphatic carbocycles. The SMILES string of the molecule is Cc1cc(CC(C)N)nc(-c2ccnc(C)n2)n1. The van der Waals surface area contributed by atoms with E-state index in [2.05, 4.69) is 19.9 Å². The Balaban J connectivity index is 2.41. The number of nitrogens with zero attached hydrogens (tertiary/aromatic N) is 4. The zero-order chi connectivity index (χ0) is 13.1. The smallest absolute Gasteiger partial charge is 0.178 e. The average Bonchev–Trinajstić information content (AvgIpc) is 2.27. The normalized spacial score (nSPS) is 12.4. The van der Waals surface area contributed by atoms with Gasteiger partial charge in [0.05, 0.1) is 0 Å². The van der Waals surface area contributed by atoms with Crippen LogP contribution in [0.25, 0.3) is 11.5 Å². The Hall–Kier alpha value is -1.88.